The molecule has 1 aromatic rings. The topological polar surface area (TPSA) is 23.6 Å². The molecule has 1 heterocycles. The van der Waals surface area contributed by atoms with E-state index in [9.17, 15) is 4.79 Å². The number of benzene rings is 1. The van der Waals surface area contributed by atoms with E-state index in [2.05, 4.69) is 27.9 Å². The van der Waals surface area contributed by atoms with Crippen molar-refractivity contribution in [1.82, 2.24) is 9.80 Å². The highest BCUT2D eigenvalue weighted by atomic mass is 79.9. The number of piperazine rings is 1. The molecule has 0 radical (unpaired) electrons. The lowest BCUT2D eigenvalue weighted by molar-refractivity contribution is -0.127. The zero-order valence-electron chi connectivity index (χ0n) is 10.5. The SMILES string of the molecule is CN1CCN(C(=O)/C=C/c2ccc(Br)cc2)CC1. The van der Waals surface area contributed by atoms with Crippen molar-refractivity contribution in [3.8, 4) is 0 Å². The highest BCUT2D eigenvalue weighted by Gasteiger charge is 2.16. The molecule has 1 aliphatic rings. The summed E-state index contributed by atoms with van der Waals surface area (Å²) in [4.78, 5) is 16.1. The molecule has 18 heavy (non-hydrogen) atoms. The first-order chi connectivity index (χ1) is 8.65. The molecule has 3 nitrogen and oxygen atoms in total. The molecule has 4 heteroatoms. The van der Waals surface area contributed by atoms with Crippen molar-refractivity contribution in [2.75, 3.05) is 33.2 Å². The van der Waals surface area contributed by atoms with Gasteiger partial charge in [-0.05, 0) is 30.8 Å². The van der Waals surface area contributed by atoms with Crippen LogP contribution in [0.5, 0.6) is 0 Å². The van der Waals surface area contributed by atoms with Crippen molar-refractivity contribution in [2.45, 2.75) is 0 Å². The molecule has 0 bridgehead atoms. The van der Waals surface area contributed by atoms with Crippen molar-refractivity contribution >= 4 is 27.9 Å². The van der Waals surface area contributed by atoms with Crippen molar-refractivity contribution in [2.24, 2.45) is 0 Å². The Morgan fingerprint density at radius 2 is 1.78 bits per heavy atom. The van der Waals surface area contributed by atoms with Gasteiger partial charge in [0.25, 0.3) is 0 Å². The molecular formula is C14H17BrN2O. The Kier molecular flexibility index (Phi) is 4.55. The second-order valence-corrected chi connectivity index (χ2v) is 5.43. The fourth-order valence-corrected chi connectivity index (χ4v) is 2.14. The van der Waals surface area contributed by atoms with E-state index in [1.807, 2.05) is 35.2 Å². The van der Waals surface area contributed by atoms with Gasteiger partial charge in [0.1, 0.15) is 0 Å². The van der Waals surface area contributed by atoms with Gasteiger partial charge in [0, 0.05) is 36.7 Å². The highest BCUT2D eigenvalue weighted by Crippen LogP contribution is 2.11. The summed E-state index contributed by atoms with van der Waals surface area (Å²) in [5.41, 5.74) is 1.04. The fraction of sp³-hybridized carbons (Fsp3) is 0.357. The molecule has 1 aliphatic heterocycles. The van der Waals surface area contributed by atoms with Crippen LogP contribution in [0.3, 0.4) is 0 Å². The van der Waals surface area contributed by atoms with Crippen LogP contribution in [0, 0.1) is 0 Å². The molecule has 0 saturated carbocycles. The Balaban J connectivity index is 1.92. The number of hydrogen-bond donors (Lipinski definition) is 0. The Bertz CT molecular complexity index is 434. The molecule has 0 atom stereocenters. The molecule has 0 unspecified atom stereocenters. The van der Waals surface area contributed by atoms with Crippen LogP contribution >= 0.6 is 15.9 Å². The Hall–Kier alpha value is -1.13. The Morgan fingerprint density at radius 3 is 2.39 bits per heavy atom. The van der Waals surface area contributed by atoms with E-state index in [0.717, 1.165) is 36.2 Å². The Labute approximate surface area is 116 Å². The van der Waals surface area contributed by atoms with Gasteiger partial charge in [0.05, 0.1) is 0 Å². The summed E-state index contributed by atoms with van der Waals surface area (Å²) >= 11 is 3.39. The number of likely N-dealkylation sites (N-methyl/N-ethyl adjacent to an activating group) is 1. The maximum absolute atomic E-state index is 12.0. The van der Waals surface area contributed by atoms with Crippen molar-refractivity contribution in [3.05, 3.63) is 40.4 Å². The lowest BCUT2D eigenvalue weighted by atomic mass is 10.2. The predicted octanol–water partition coefficient (Wildman–Crippen LogP) is 2.24. The van der Waals surface area contributed by atoms with E-state index in [4.69, 9.17) is 0 Å². The van der Waals surface area contributed by atoms with Gasteiger partial charge in [-0.25, -0.2) is 0 Å². The molecule has 96 valence electrons. The molecular weight excluding hydrogens is 292 g/mol. The molecule has 0 aliphatic carbocycles. The van der Waals surface area contributed by atoms with Gasteiger partial charge in [-0.3, -0.25) is 4.79 Å². The molecule has 1 amide bonds. The van der Waals surface area contributed by atoms with Crippen LogP contribution in [0.25, 0.3) is 6.08 Å². The first kappa shape index (κ1) is 13.3. The smallest absolute Gasteiger partial charge is 0.246 e. The van der Waals surface area contributed by atoms with Gasteiger partial charge >= 0.3 is 0 Å². The number of halogens is 1. The quantitative estimate of drug-likeness (QED) is 0.782. The lowest BCUT2D eigenvalue weighted by Crippen LogP contribution is -2.46. The maximum atomic E-state index is 12.0. The van der Waals surface area contributed by atoms with Gasteiger partial charge in [0.15, 0.2) is 0 Å². The summed E-state index contributed by atoms with van der Waals surface area (Å²) in [6.45, 7) is 3.55. The maximum Gasteiger partial charge on any atom is 0.246 e. The van der Waals surface area contributed by atoms with Crippen LogP contribution in [-0.4, -0.2) is 48.9 Å². The third-order valence-electron chi connectivity index (χ3n) is 3.10. The van der Waals surface area contributed by atoms with Crippen LogP contribution in [0.4, 0.5) is 0 Å². The van der Waals surface area contributed by atoms with Crippen LogP contribution in [0.1, 0.15) is 5.56 Å². The lowest BCUT2D eigenvalue weighted by Gasteiger charge is -2.31. The van der Waals surface area contributed by atoms with Crippen molar-refractivity contribution in [3.63, 3.8) is 0 Å². The predicted molar refractivity (Wildman–Crippen MR) is 77.3 cm³/mol. The van der Waals surface area contributed by atoms with Crippen LogP contribution in [-0.2, 0) is 4.79 Å². The zero-order chi connectivity index (χ0) is 13.0. The number of hydrogen-bond acceptors (Lipinski definition) is 2. The minimum atomic E-state index is 0.103. The van der Waals surface area contributed by atoms with Crippen LogP contribution in [0.15, 0.2) is 34.8 Å². The number of carbonyl (C=O) groups is 1. The minimum Gasteiger partial charge on any atom is -0.337 e. The average Bonchev–Trinajstić information content (AvgIpc) is 2.38. The second kappa shape index (κ2) is 6.16. The molecule has 0 N–H and O–H groups in total. The van der Waals surface area contributed by atoms with Gasteiger partial charge in [-0.15, -0.1) is 0 Å². The monoisotopic (exact) mass is 308 g/mol. The summed E-state index contributed by atoms with van der Waals surface area (Å²) in [5, 5.41) is 0. The zero-order valence-corrected chi connectivity index (χ0v) is 12.1. The standard InChI is InChI=1S/C14H17BrN2O/c1-16-8-10-17(11-9-16)14(18)7-4-12-2-5-13(15)6-3-12/h2-7H,8-11H2,1H3/b7-4+. The second-order valence-electron chi connectivity index (χ2n) is 4.51. The fourth-order valence-electron chi connectivity index (χ4n) is 1.87. The van der Waals surface area contributed by atoms with Gasteiger partial charge < -0.3 is 9.80 Å². The summed E-state index contributed by atoms with van der Waals surface area (Å²) in [5.74, 6) is 0.103. The van der Waals surface area contributed by atoms with Crippen LogP contribution in [0.2, 0.25) is 0 Å². The number of amides is 1. The molecule has 0 spiro atoms. The van der Waals surface area contributed by atoms with E-state index in [1.54, 1.807) is 6.08 Å². The third kappa shape index (κ3) is 3.68. The molecule has 2 rings (SSSR count). The normalized spacial score (nSPS) is 17.3. The third-order valence-corrected chi connectivity index (χ3v) is 3.63. The summed E-state index contributed by atoms with van der Waals surface area (Å²) in [6.07, 6.45) is 3.53. The van der Waals surface area contributed by atoms with Gasteiger partial charge in [-0.2, -0.15) is 0 Å². The molecule has 1 saturated heterocycles. The average molecular weight is 309 g/mol. The molecule has 1 fully saturated rings. The first-order valence-electron chi connectivity index (χ1n) is 6.06. The minimum absolute atomic E-state index is 0.103. The number of nitrogens with zero attached hydrogens (tertiary/aromatic N) is 2. The van der Waals surface area contributed by atoms with E-state index >= 15 is 0 Å². The largest absolute Gasteiger partial charge is 0.337 e. The summed E-state index contributed by atoms with van der Waals surface area (Å²) in [7, 11) is 2.08. The van der Waals surface area contributed by atoms with Crippen molar-refractivity contribution < 1.29 is 4.79 Å². The highest BCUT2D eigenvalue weighted by molar-refractivity contribution is 9.10. The summed E-state index contributed by atoms with van der Waals surface area (Å²) < 4.78 is 1.05. The van der Waals surface area contributed by atoms with E-state index in [1.165, 1.54) is 0 Å². The molecule has 0 aromatic heterocycles. The van der Waals surface area contributed by atoms with Gasteiger partial charge in [0.2, 0.25) is 5.91 Å². The molecule has 1 aromatic carbocycles. The Morgan fingerprint density at radius 1 is 1.17 bits per heavy atom. The van der Waals surface area contributed by atoms with E-state index in [0.29, 0.717) is 0 Å². The van der Waals surface area contributed by atoms with Crippen LogP contribution < -0.4 is 0 Å². The number of carbonyl (C=O) groups excluding carboxylic acids is 1. The number of rotatable bonds is 2. The van der Waals surface area contributed by atoms with Gasteiger partial charge in [-0.1, -0.05) is 28.1 Å². The van der Waals surface area contributed by atoms with Crippen molar-refractivity contribution in [1.29, 1.82) is 0 Å². The van der Waals surface area contributed by atoms with E-state index in [-0.39, 0.29) is 5.91 Å². The van der Waals surface area contributed by atoms with E-state index < -0.39 is 0 Å². The first-order valence-corrected chi connectivity index (χ1v) is 6.85. The summed E-state index contributed by atoms with van der Waals surface area (Å²) in [6, 6.07) is 7.91.